The summed E-state index contributed by atoms with van der Waals surface area (Å²) in [5.41, 5.74) is 6.33. The van der Waals surface area contributed by atoms with E-state index in [-0.39, 0.29) is 5.66 Å². The van der Waals surface area contributed by atoms with E-state index in [1.807, 2.05) is 12.3 Å². The first-order valence-electron chi connectivity index (χ1n) is 11.0. The molecule has 7 heteroatoms. The van der Waals surface area contributed by atoms with Crippen molar-refractivity contribution in [2.24, 2.45) is 11.7 Å². The van der Waals surface area contributed by atoms with Gasteiger partial charge in [-0.25, -0.2) is 4.98 Å². The van der Waals surface area contributed by atoms with Gasteiger partial charge in [-0.2, -0.15) is 0 Å². The lowest BCUT2D eigenvalue weighted by atomic mass is 9.88. The molecule has 1 unspecified atom stereocenters. The molecule has 1 aromatic rings. The van der Waals surface area contributed by atoms with E-state index >= 15 is 0 Å². The van der Waals surface area contributed by atoms with Gasteiger partial charge in [-0.15, -0.1) is 0 Å². The molecule has 3 fully saturated rings. The van der Waals surface area contributed by atoms with Crippen molar-refractivity contribution in [3.63, 3.8) is 0 Å². The quantitative estimate of drug-likeness (QED) is 0.560. The molecule has 3 N–H and O–H groups in total. The van der Waals surface area contributed by atoms with Crippen LogP contribution < -0.4 is 20.7 Å². The first-order chi connectivity index (χ1) is 14.0. The van der Waals surface area contributed by atoms with Gasteiger partial charge in [0.2, 0.25) is 12.3 Å². The Kier molecular flexibility index (Phi) is 7.72. The number of rotatable bonds is 6. The number of pyridine rings is 1. The molecule has 1 atom stereocenters. The number of ether oxygens (including phenoxy) is 1. The summed E-state index contributed by atoms with van der Waals surface area (Å²) in [6.07, 6.45) is 11.5. The van der Waals surface area contributed by atoms with Crippen LogP contribution in [0.4, 0.5) is 5.69 Å². The highest BCUT2D eigenvalue weighted by Crippen LogP contribution is 2.28. The highest BCUT2D eigenvalue weighted by molar-refractivity contribution is 5.49. The van der Waals surface area contributed by atoms with Gasteiger partial charge in [-0.1, -0.05) is 19.3 Å². The summed E-state index contributed by atoms with van der Waals surface area (Å²) in [5, 5.41) is 2.49. The van der Waals surface area contributed by atoms with Crippen molar-refractivity contribution in [3.8, 4) is 5.88 Å². The number of methoxy groups -OCH3 is 1. The number of piperazine rings is 1. The van der Waals surface area contributed by atoms with Gasteiger partial charge in [0.25, 0.3) is 0 Å². The molecule has 2 heterocycles. The van der Waals surface area contributed by atoms with Crippen LogP contribution in [0.2, 0.25) is 0 Å². The van der Waals surface area contributed by atoms with Gasteiger partial charge < -0.3 is 20.7 Å². The van der Waals surface area contributed by atoms with E-state index in [4.69, 9.17) is 10.5 Å². The second-order valence-corrected chi connectivity index (χ2v) is 8.77. The van der Waals surface area contributed by atoms with E-state index in [9.17, 15) is 4.79 Å². The van der Waals surface area contributed by atoms with E-state index in [2.05, 4.69) is 33.1 Å². The van der Waals surface area contributed by atoms with Crippen LogP contribution >= 0.6 is 0 Å². The van der Waals surface area contributed by atoms with E-state index in [0.717, 1.165) is 31.8 Å². The molecule has 1 aliphatic heterocycles. The molecule has 2 aliphatic carbocycles. The van der Waals surface area contributed by atoms with Crippen LogP contribution in [-0.2, 0) is 4.79 Å². The lowest BCUT2D eigenvalue weighted by Gasteiger charge is -2.42. The number of anilines is 1. The van der Waals surface area contributed by atoms with E-state index in [0.29, 0.717) is 18.3 Å². The van der Waals surface area contributed by atoms with Gasteiger partial charge >= 0.3 is 0 Å². The maximum absolute atomic E-state index is 9.67. The Balaban J connectivity index is 0.000000290. The number of nitrogens with zero attached hydrogens (tertiary/aromatic N) is 3. The van der Waals surface area contributed by atoms with Crippen LogP contribution in [-0.4, -0.2) is 61.3 Å². The second kappa shape index (κ2) is 10.3. The third kappa shape index (κ3) is 6.57. The number of hydrogen-bond acceptors (Lipinski definition) is 6. The number of hydrogen-bond donors (Lipinski definition) is 2. The van der Waals surface area contributed by atoms with Crippen LogP contribution in [0.1, 0.15) is 51.9 Å². The molecule has 3 aliphatic rings. The summed E-state index contributed by atoms with van der Waals surface area (Å²) in [7, 11) is 1.68. The molecule has 0 aromatic carbocycles. The number of carbonyl (C=O) groups excluding carboxylic acids is 1. The molecule has 4 rings (SSSR count). The van der Waals surface area contributed by atoms with Crippen molar-refractivity contribution in [1.82, 2.24) is 15.2 Å². The molecule has 0 spiro atoms. The van der Waals surface area contributed by atoms with Gasteiger partial charge in [0, 0.05) is 50.2 Å². The molecule has 0 bridgehead atoms. The lowest BCUT2D eigenvalue weighted by molar-refractivity contribution is -0.110. The number of nitrogens with two attached hydrogens (primary N) is 1. The van der Waals surface area contributed by atoms with Gasteiger partial charge in [0.05, 0.1) is 12.8 Å². The molecule has 7 nitrogen and oxygen atoms in total. The topological polar surface area (TPSA) is 83.7 Å². The van der Waals surface area contributed by atoms with Crippen LogP contribution in [0.25, 0.3) is 0 Å². The second-order valence-electron chi connectivity index (χ2n) is 8.77. The molecule has 1 aromatic heterocycles. The number of carbonyl (C=O) groups is 1. The van der Waals surface area contributed by atoms with E-state index in [1.165, 1.54) is 50.9 Å². The summed E-state index contributed by atoms with van der Waals surface area (Å²) in [4.78, 5) is 19.0. The zero-order chi connectivity index (χ0) is 20.7. The van der Waals surface area contributed by atoms with Gasteiger partial charge in [-0.3, -0.25) is 9.69 Å². The third-order valence-electron chi connectivity index (χ3n) is 6.41. The monoisotopic (exact) mass is 403 g/mol. The van der Waals surface area contributed by atoms with Gasteiger partial charge in [0.15, 0.2) is 0 Å². The first kappa shape index (κ1) is 21.8. The summed E-state index contributed by atoms with van der Waals surface area (Å²) in [6, 6.07) is 4.75. The van der Waals surface area contributed by atoms with Crippen molar-refractivity contribution in [2.45, 2.75) is 63.6 Å². The van der Waals surface area contributed by atoms with E-state index < -0.39 is 0 Å². The van der Waals surface area contributed by atoms with Crippen LogP contribution in [0.5, 0.6) is 5.88 Å². The minimum atomic E-state index is -0.318. The average Bonchev–Trinajstić information content (AvgIpc) is 3.48. The molecule has 2 saturated carbocycles. The van der Waals surface area contributed by atoms with Crippen molar-refractivity contribution < 1.29 is 9.53 Å². The SMILES string of the molecule is COc1cc(N2CCN(CC3CCCCC3)C(C)C2)ccn1.NC1(NC=O)CC1. The predicted molar refractivity (Wildman–Crippen MR) is 116 cm³/mol. The zero-order valence-corrected chi connectivity index (χ0v) is 18.0. The first-order valence-corrected chi connectivity index (χ1v) is 11.0. The molecule has 1 saturated heterocycles. The number of nitrogens with one attached hydrogen (secondary N) is 1. The van der Waals surface area contributed by atoms with Crippen LogP contribution in [0.3, 0.4) is 0 Å². The maximum atomic E-state index is 9.67. The molecular formula is C22H37N5O2. The maximum Gasteiger partial charge on any atom is 0.214 e. The fourth-order valence-corrected chi connectivity index (χ4v) is 4.31. The standard InChI is InChI=1S/C18H29N3O.C4H8N2O/c1-15-13-21(17-8-9-19-18(12-17)22-2)11-10-20(15)14-16-6-4-3-5-7-16;5-4(1-2-4)6-3-7/h8-9,12,15-16H,3-7,10-11,13-14H2,1-2H3;3H,1-2,5H2,(H,6,7). The highest BCUT2D eigenvalue weighted by Gasteiger charge is 2.37. The summed E-state index contributed by atoms with van der Waals surface area (Å²) in [6.45, 7) is 7.04. The molecular weight excluding hydrogens is 366 g/mol. The molecule has 1 amide bonds. The Morgan fingerprint density at radius 3 is 2.66 bits per heavy atom. The molecule has 29 heavy (non-hydrogen) atoms. The Hall–Kier alpha value is -1.86. The molecule has 162 valence electrons. The van der Waals surface area contributed by atoms with Crippen LogP contribution in [0.15, 0.2) is 18.3 Å². The Labute approximate surface area is 175 Å². The van der Waals surface area contributed by atoms with Gasteiger partial charge in [0.1, 0.15) is 0 Å². The molecule has 0 radical (unpaired) electrons. The Morgan fingerprint density at radius 1 is 1.31 bits per heavy atom. The van der Waals surface area contributed by atoms with E-state index in [1.54, 1.807) is 7.11 Å². The number of aromatic nitrogens is 1. The lowest BCUT2D eigenvalue weighted by Crippen LogP contribution is -2.53. The number of amides is 1. The predicted octanol–water partition coefficient (Wildman–Crippen LogP) is 2.36. The van der Waals surface area contributed by atoms with Crippen molar-refractivity contribution in [2.75, 3.05) is 38.2 Å². The van der Waals surface area contributed by atoms with Crippen molar-refractivity contribution >= 4 is 12.1 Å². The smallest absolute Gasteiger partial charge is 0.214 e. The third-order valence-corrected chi connectivity index (χ3v) is 6.41. The Bertz CT molecular complexity index is 646. The van der Waals surface area contributed by atoms with Crippen LogP contribution in [0, 0.1) is 5.92 Å². The average molecular weight is 404 g/mol. The summed E-state index contributed by atoms with van der Waals surface area (Å²) < 4.78 is 5.25. The minimum Gasteiger partial charge on any atom is -0.481 e. The normalized spacial score (nSPS) is 24.2. The Morgan fingerprint density at radius 2 is 2.07 bits per heavy atom. The fraction of sp³-hybridized carbons (Fsp3) is 0.727. The fourth-order valence-electron chi connectivity index (χ4n) is 4.31. The van der Waals surface area contributed by atoms with Crippen molar-refractivity contribution in [3.05, 3.63) is 18.3 Å². The minimum absolute atomic E-state index is 0.318. The highest BCUT2D eigenvalue weighted by atomic mass is 16.5. The summed E-state index contributed by atoms with van der Waals surface area (Å²) in [5.74, 6) is 1.64. The van der Waals surface area contributed by atoms with Crippen molar-refractivity contribution in [1.29, 1.82) is 0 Å². The zero-order valence-electron chi connectivity index (χ0n) is 18.0. The summed E-state index contributed by atoms with van der Waals surface area (Å²) >= 11 is 0. The largest absolute Gasteiger partial charge is 0.481 e. The van der Waals surface area contributed by atoms with Gasteiger partial charge in [-0.05, 0) is 44.6 Å².